The largest absolute Gasteiger partial charge is 0.387 e. The summed E-state index contributed by atoms with van der Waals surface area (Å²) in [6.45, 7) is 2.41. The van der Waals surface area contributed by atoms with Gasteiger partial charge in [0.1, 0.15) is 0 Å². The summed E-state index contributed by atoms with van der Waals surface area (Å²) in [5.41, 5.74) is 1.74. The normalized spacial score (nSPS) is 22.0. The van der Waals surface area contributed by atoms with Gasteiger partial charge < -0.3 is 5.32 Å². The third-order valence-corrected chi connectivity index (χ3v) is 5.34. The van der Waals surface area contributed by atoms with Crippen LogP contribution in [0.3, 0.4) is 0 Å². The van der Waals surface area contributed by atoms with Gasteiger partial charge in [-0.05, 0) is 31.7 Å². The van der Waals surface area contributed by atoms with Crippen molar-refractivity contribution in [1.29, 1.82) is 0 Å². The van der Waals surface area contributed by atoms with E-state index >= 15 is 0 Å². The number of barbiturate groups is 1. The minimum Gasteiger partial charge on any atom is -0.387 e. The molecule has 1 aromatic carbocycles. The lowest BCUT2D eigenvalue weighted by Gasteiger charge is -2.38. The molecule has 0 radical (unpaired) electrons. The highest BCUT2D eigenvalue weighted by Crippen LogP contribution is 2.27. The van der Waals surface area contributed by atoms with Crippen molar-refractivity contribution in [3.8, 4) is 0 Å². The smallest absolute Gasteiger partial charge is 0.331 e. The predicted molar refractivity (Wildman–Crippen MR) is 103 cm³/mol. The van der Waals surface area contributed by atoms with E-state index in [9.17, 15) is 14.4 Å². The van der Waals surface area contributed by atoms with Crippen LogP contribution >= 0.6 is 0 Å². The van der Waals surface area contributed by atoms with Crippen molar-refractivity contribution in [3.05, 3.63) is 47.7 Å². The standard InChI is InChI=1S/C21H27N3O3/c1-2-17(22-14-13-15-9-5-3-6-10-15)18-19(25)23-21(27)24(20(18)26)16-11-7-4-8-12-16/h2-3,5-6,9-10,16,18,22H,4,7-8,11-14H2,1H3,(H,23,25,27)/b17-2-/t18-/m0/s1. The molecule has 1 heterocycles. The van der Waals surface area contributed by atoms with Gasteiger partial charge in [-0.3, -0.25) is 19.8 Å². The summed E-state index contributed by atoms with van der Waals surface area (Å²) >= 11 is 0. The van der Waals surface area contributed by atoms with Crippen molar-refractivity contribution in [2.75, 3.05) is 6.54 Å². The Morgan fingerprint density at radius 2 is 1.85 bits per heavy atom. The van der Waals surface area contributed by atoms with Crippen molar-refractivity contribution >= 4 is 17.8 Å². The zero-order valence-electron chi connectivity index (χ0n) is 15.7. The second-order valence-corrected chi connectivity index (χ2v) is 7.13. The number of nitrogens with one attached hydrogen (secondary N) is 2. The molecule has 0 aromatic heterocycles. The highest BCUT2D eigenvalue weighted by atomic mass is 16.2. The van der Waals surface area contributed by atoms with Crippen LogP contribution in [0.4, 0.5) is 4.79 Å². The minimum absolute atomic E-state index is 0.107. The monoisotopic (exact) mass is 369 g/mol. The molecule has 2 fully saturated rings. The summed E-state index contributed by atoms with van der Waals surface area (Å²) in [4.78, 5) is 39.0. The third kappa shape index (κ3) is 4.38. The number of benzene rings is 1. The van der Waals surface area contributed by atoms with E-state index in [1.165, 1.54) is 10.5 Å². The average molecular weight is 369 g/mol. The van der Waals surface area contributed by atoms with Gasteiger partial charge in [0.05, 0.1) is 0 Å². The van der Waals surface area contributed by atoms with E-state index in [2.05, 4.69) is 10.6 Å². The quantitative estimate of drug-likeness (QED) is 0.756. The van der Waals surface area contributed by atoms with Crippen LogP contribution in [0.25, 0.3) is 0 Å². The van der Waals surface area contributed by atoms with E-state index < -0.39 is 23.8 Å². The number of hydrogen-bond acceptors (Lipinski definition) is 4. The Hall–Kier alpha value is -2.63. The lowest BCUT2D eigenvalue weighted by Crippen LogP contribution is -2.62. The molecular weight excluding hydrogens is 342 g/mol. The molecule has 2 aliphatic rings. The summed E-state index contributed by atoms with van der Waals surface area (Å²) in [5.74, 6) is -1.93. The fourth-order valence-electron chi connectivity index (χ4n) is 3.92. The maximum absolute atomic E-state index is 13.0. The summed E-state index contributed by atoms with van der Waals surface area (Å²) in [7, 11) is 0. The molecule has 1 saturated heterocycles. The average Bonchev–Trinajstić information content (AvgIpc) is 2.68. The molecular formula is C21H27N3O3. The van der Waals surface area contributed by atoms with E-state index in [0.717, 1.165) is 38.5 Å². The Labute approximate surface area is 160 Å². The number of imide groups is 2. The van der Waals surface area contributed by atoms with Crippen molar-refractivity contribution in [2.45, 2.75) is 51.5 Å². The van der Waals surface area contributed by atoms with Gasteiger partial charge in [-0.25, -0.2) is 4.79 Å². The number of nitrogens with zero attached hydrogens (tertiary/aromatic N) is 1. The van der Waals surface area contributed by atoms with Crippen LogP contribution in [0.5, 0.6) is 0 Å². The molecule has 3 rings (SSSR count). The zero-order chi connectivity index (χ0) is 19.2. The number of carbonyl (C=O) groups excluding carboxylic acids is 3. The molecule has 0 unspecified atom stereocenters. The highest BCUT2D eigenvalue weighted by molar-refractivity contribution is 6.17. The number of hydrogen-bond donors (Lipinski definition) is 2. The third-order valence-electron chi connectivity index (χ3n) is 5.34. The van der Waals surface area contributed by atoms with Crippen molar-refractivity contribution in [3.63, 3.8) is 0 Å². The SMILES string of the molecule is C/C=C(\NCCc1ccccc1)[C@H]1C(=O)NC(=O)N(C2CCCCC2)C1=O. The van der Waals surface area contributed by atoms with E-state index in [1.807, 2.05) is 30.3 Å². The van der Waals surface area contributed by atoms with Gasteiger partial charge in [-0.1, -0.05) is 55.7 Å². The zero-order valence-corrected chi connectivity index (χ0v) is 15.7. The molecule has 1 aromatic rings. The van der Waals surface area contributed by atoms with Crippen molar-refractivity contribution in [1.82, 2.24) is 15.5 Å². The van der Waals surface area contributed by atoms with Crippen LogP contribution in [0.15, 0.2) is 42.1 Å². The van der Waals surface area contributed by atoms with Crippen LogP contribution in [0.1, 0.15) is 44.6 Å². The van der Waals surface area contributed by atoms with E-state index in [0.29, 0.717) is 12.2 Å². The van der Waals surface area contributed by atoms with Gasteiger partial charge in [0.25, 0.3) is 0 Å². The van der Waals surface area contributed by atoms with Gasteiger partial charge >= 0.3 is 6.03 Å². The first-order chi connectivity index (χ1) is 13.1. The van der Waals surface area contributed by atoms with Gasteiger partial charge in [-0.2, -0.15) is 0 Å². The van der Waals surface area contributed by atoms with E-state index in [-0.39, 0.29) is 6.04 Å². The van der Waals surface area contributed by atoms with Gasteiger partial charge in [0.2, 0.25) is 11.8 Å². The fourth-order valence-corrected chi connectivity index (χ4v) is 3.92. The number of rotatable bonds is 6. The number of carbonyl (C=O) groups is 3. The Morgan fingerprint density at radius 1 is 1.15 bits per heavy atom. The highest BCUT2D eigenvalue weighted by Gasteiger charge is 2.45. The Kier molecular flexibility index (Phi) is 6.27. The maximum atomic E-state index is 13.0. The molecule has 144 valence electrons. The molecule has 6 nitrogen and oxygen atoms in total. The van der Waals surface area contributed by atoms with E-state index in [1.54, 1.807) is 13.0 Å². The van der Waals surface area contributed by atoms with Gasteiger partial charge in [0.15, 0.2) is 5.92 Å². The molecule has 6 heteroatoms. The topological polar surface area (TPSA) is 78.5 Å². The summed E-state index contributed by atoms with van der Waals surface area (Å²) in [6.07, 6.45) is 7.30. The molecule has 2 N–H and O–H groups in total. The molecule has 0 spiro atoms. The van der Waals surface area contributed by atoms with Gasteiger partial charge in [-0.15, -0.1) is 0 Å². The molecule has 27 heavy (non-hydrogen) atoms. The number of allylic oxidation sites excluding steroid dienone is 1. The van der Waals surface area contributed by atoms with Gasteiger partial charge in [0, 0.05) is 18.3 Å². The molecule has 1 atom stereocenters. The fraction of sp³-hybridized carbons (Fsp3) is 0.476. The second-order valence-electron chi connectivity index (χ2n) is 7.13. The van der Waals surface area contributed by atoms with Crippen molar-refractivity contribution < 1.29 is 14.4 Å². The first-order valence-electron chi connectivity index (χ1n) is 9.73. The number of urea groups is 1. The van der Waals surface area contributed by atoms with Crippen LogP contribution in [-0.4, -0.2) is 35.3 Å². The molecule has 1 saturated carbocycles. The Morgan fingerprint density at radius 3 is 2.52 bits per heavy atom. The molecule has 0 bridgehead atoms. The lowest BCUT2D eigenvalue weighted by molar-refractivity contribution is -0.142. The molecule has 4 amide bonds. The van der Waals surface area contributed by atoms with Crippen LogP contribution in [0, 0.1) is 5.92 Å². The minimum atomic E-state index is -0.981. The summed E-state index contributed by atoms with van der Waals surface area (Å²) < 4.78 is 0. The first kappa shape index (κ1) is 19.1. The summed E-state index contributed by atoms with van der Waals surface area (Å²) in [6, 6.07) is 9.33. The predicted octanol–water partition coefficient (Wildman–Crippen LogP) is 2.75. The van der Waals surface area contributed by atoms with E-state index in [4.69, 9.17) is 0 Å². The van der Waals surface area contributed by atoms with Crippen LogP contribution in [0.2, 0.25) is 0 Å². The van der Waals surface area contributed by atoms with Crippen LogP contribution in [-0.2, 0) is 16.0 Å². The molecule has 1 aliphatic carbocycles. The second kappa shape index (κ2) is 8.84. The number of amides is 4. The lowest BCUT2D eigenvalue weighted by atomic mass is 9.91. The maximum Gasteiger partial charge on any atom is 0.331 e. The van der Waals surface area contributed by atoms with Crippen LogP contribution < -0.4 is 10.6 Å². The summed E-state index contributed by atoms with van der Waals surface area (Å²) in [5, 5.41) is 5.60. The Bertz CT molecular complexity index is 723. The van der Waals surface area contributed by atoms with Crippen molar-refractivity contribution in [2.24, 2.45) is 5.92 Å². The Balaban J connectivity index is 1.68. The first-order valence-corrected chi connectivity index (χ1v) is 9.73. The molecule has 1 aliphatic heterocycles.